The third-order valence-electron chi connectivity index (χ3n) is 4.23. The Bertz CT molecular complexity index is 933. The molecule has 0 radical (unpaired) electrons. The van der Waals surface area contributed by atoms with Gasteiger partial charge < -0.3 is 10.1 Å². The number of ether oxygens (including phenoxy) is 1. The van der Waals surface area contributed by atoms with Gasteiger partial charge in [-0.25, -0.2) is 14.7 Å². The summed E-state index contributed by atoms with van der Waals surface area (Å²) in [6, 6.07) is 11.3. The van der Waals surface area contributed by atoms with Crippen molar-refractivity contribution in [3.63, 3.8) is 0 Å². The average Bonchev–Trinajstić information content (AvgIpc) is 2.99. The van der Waals surface area contributed by atoms with E-state index in [2.05, 4.69) is 10.3 Å². The van der Waals surface area contributed by atoms with Gasteiger partial charge in [-0.3, -0.25) is 0 Å². The highest BCUT2D eigenvalue weighted by Crippen LogP contribution is 2.49. The normalized spacial score (nSPS) is 21.3. The highest BCUT2D eigenvalue weighted by Gasteiger charge is 2.61. The third-order valence-corrected chi connectivity index (χ3v) is 5.24. The fourth-order valence-corrected chi connectivity index (χ4v) is 4.12. The van der Waals surface area contributed by atoms with E-state index in [1.165, 1.54) is 24.3 Å². The van der Waals surface area contributed by atoms with Crippen molar-refractivity contribution >= 4 is 28.6 Å². The Morgan fingerprint density at radius 1 is 1.22 bits per heavy atom. The lowest BCUT2D eigenvalue weighted by molar-refractivity contribution is -0.195. The van der Waals surface area contributed by atoms with Crippen molar-refractivity contribution in [2.24, 2.45) is 4.99 Å². The van der Waals surface area contributed by atoms with E-state index >= 15 is 0 Å². The molecule has 5 nitrogen and oxygen atoms in total. The number of nitrogens with zero attached hydrogens (tertiary/aromatic N) is 2. The molecule has 2 aromatic rings. The molecule has 4 rings (SSSR count). The van der Waals surface area contributed by atoms with Crippen LogP contribution >= 0.6 is 11.8 Å². The summed E-state index contributed by atoms with van der Waals surface area (Å²) in [6.45, 7) is 2.29. The van der Waals surface area contributed by atoms with Crippen LogP contribution in [-0.2, 0) is 5.66 Å². The number of hydrogen-bond donors (Lipinski definition) is 1. The van der Waals surface area contributed by atoms with Crippen LogP contribution in [0.1, 0.15) is 12.5 Å². The van der Waals surface area contributed by atoms with Crippen LogP contribution in [0.25, 0.3) is 0 Å². The summed E-state index contributed by atoms with van der Waals surface area (Å²) in [5.74, 6) is 0.578. The number of fused-ring (bicyclic) bond motifs is 3. The maximum atomic E-state index is 14.0. The van der Waals surface area contributed by atoms with Crippen molar-refractivity contribution in [2.45, 2.75) is 23.7 Å². The van der Waals surface area contributed by atoms with Crippen LogP contribution in [0.15, 0.2) is 58.4 Å². The SMILES string of the molecule is CCOc1ccc2c(c1)SC1=N[C@](c3ccccc3)(C(F)(F)F)NC(=O)N12. The van der Waals surface area contributed by atoms with Gasteiger partial charge in [-0.15, -0.1) is 0 Å². The number of urea groups is 1. The predicted molar refractivity (Wildman–Crippen MR) is 96.1 cm³/mol. The topological polar surface area (TPSA) is 53.9 Å². The van der Waals surface area contributed by atoms with Crippen LogP contribution in [0, 0.1) is 0 Å². The molecule has 27 heavy (non-hydrogen) atoms. The quantitative estimate of drug-likeness (QED) is 0.836. The van der Waals surface area contributed by atoms with Crippen LogP contribution in [0.4, 0.5) is 23.7 Å². The number of carbonyl (C=O) groups excluding carboxylic acids is 1. The van der Waals surface area contributed by atoms with Crippen LogP contribution < -0.4 is 15.0 Å². The summed E-state index contributed by atoms with van der Waals surface area (Å²) in [7, 11) is 0. The van der Waals surface area contributed by atoms with Crippen molar-refractivity contribution in [1.29, 1.82) is 0 Å². The molecule has 1 N–H and O–H groups in total. The summed E-state index contributed by atoms with van der Waals surface area (Å²) in [5.41, 5.74) is -2.50. The maximum Gasteiger partial charge on any atom is 0.436 e. The fourth-order valence-electron chi connectivity index (χ4n) is 3.03. The van der Waals surface area contributed by atoms with E-state index in [1.54, 1.807) is 24.3 Å². The smallest absolute Gasteiger partial charge is 0.436 e. The van der Waals surface area contributed by atoms with Gasteiger partial charge in [0.15, 0.2) is 5.17 Å². The highest BCUT2D eigenvalue weighted by molar-refractivity contribution is 8.15. The molecule has 140 valence electrons. The van der Waals surface area contributed by atoms with Gasteiger partial charge in [-0.05, 0) is 36.9 Å². The van der Waals surface area contributed by atoms with Gasteiger partial charge in [-0.1, -0.05) is 30.3 Å². The minimum atomic E-state index is -4.81. The number of rotatable bonds is 3. The van der Waals surface area contributed by atoms with E-state index < -0.39 is 17.9 Å². The molecule has 2 aromatic carbocycles. The minimum Gasteiger partial charge on any atom is -0.494 e. The summed E-state index contributed by atoms with van der Waals surface area (Å²) < 4.78 is 47.5. The summed E-state index contributed by atoms with van der Waals surface area (Å²) in [6.07, 6.45) is -4.81. The molecule has 9 heteroatoms. The van der Waals surface area contributed by atoms with Crippen molar-refractivity contribution < 1.29 is 22.7 Å². The predicted octanol–water partition coefficient (Wildman–Crippen LogP) is 4.49. The lowest BCUT2D eigenvalue weighted by atomic mass is 9.98. The van der Waals surface area contributed by atoms with Crippen molar-refractivity contribution in [2.75, 3.05) is 11.5 Å². The Hall–Kier alpha value is -2.68. The number of alkyl halides is 3. The summed E-state index contributed by atoms with van der Waals surface area (Å²) >= 11 is 1.01. The lowest BCUT2D eigenvalue weighted by Crippen LogP contribution is -2.62. The third kappa shape index (κ3) is 2.73. The number of thioether (sulfide) groups is 1. The molecule has 0 bridgehead atoms. The number of carbonyl (C=O) groups is 1. The van der Waals surface area contributed by atoms with Gasteiger partial charge in [0.05, 0.1) is 12.3 Å². The van der Waals surface area contributed by atoms with E-state index in [-0.39, 0.29) is 10.7 Å². The van der Waals surface area contributed by atoms with Crippen LogP contribution in [0.2, 0.25) is 0 Å². The number of anilines is 1. The van der Waals surface area contributed by atoms with Crippen LogP contribution in [-0.4, -0.2) is 24.0 Å². The largest absolute Gasteiger partial charge is 0.494 e. The average molecular weight is 393 g/mol. The van der Waals surface area contributed by atoms with Crippen LogP contribution in [0.5, 0.6) is 5.75 Å². The number of aliphatic imine (C=N–C) groups is 1. The molecule has 2 aliphatic heterocycles. The van der Waals surface area contributed by atoms with E-state index in [0.717, 1.165) is 16.7 Å². The number of amidine groups is 1. The van der Waals surface area contributed by atoms with Gasteiger partial charge >= 0.3 is 12.2 Å². The second-order valence-corrected chi connectivity index (χ2v) is 6.91. The number of halogens is 3. The van der Waals surface area contributed by atoms with Crippen molar-refractivity contribution in [3.8, 4) is 5.75 Å². The Kier molecular flexibility index (Phi) is 4.06. The Morgan fingerprint density at radius 2 is 1.96 bits per heavy atom. The monoisotopic (exact) mass is 393 g/mol. The number of benzene rings is 2. The molecule has 0 unspecified atom stereocenters. The zero-order chi connectivity index (χ0) is 19.2. The van der Waals surface area contributed by atoms with Gasteiger partial charge in [0.2, 0.25) is 0 Å². The first-order valence-electron chi connectivity index (χ1n) is 8.15. The molecular formula is C18H14F3N3O2S. The molecule has 2 amide bonds. The Balaban J connectivity index is 1.84. The zero-order valence-corrected chi connectivity index (χ0v) is 14.9. The first kappa shape index (κ1) is 17.7. The minimum absolute atomic E-state index is 0.0245. The van der Waals surface area contributed by atoms with Crippen molar-refractivity contribution in [3.05, 3.63) is 54.1 Å². The standard InChI is InChI=1S/C18H14F3N3O2S/c1-2-26-12-8-9-13-14(10-12)27-16-23-17(18(19,20)21,22-15(25)24(13)16)11-6-4-3-5-7-11/h3-10H,2H2,1H3,(H,22,25)/t17-/m1/s1. The first-order valence-corrected chi connectivity index (χ1v) is 8.96. The molecule has 0 saturated carbocycles. The summed E-state index contributed by atoms with van der Waals surface area (Å²) in [4.78, 5) is 18.4. The van der Waals surface area contributed by atoms with E-state index in [1.807, 2.05) is 6.92 Å². The maximum absolute atomic E-state index is 14.0. The molecule has 1 atom stereocenters. The molecule has 0 fully saturated rings. The molecule has 0 aromatic heterocycles. The zero-order valence-electron chi connectivity index (χ0n) is 14.1. The molecule has 2 heterocycles. The van der Waals surface area contributed by atoms with Gasteiger partial charge in [0.1, 0.15) is 5.75 Å². The fraction of sp³-hybridized carbons (Fsp3) is 0.222. The van der Waals surface area contributed by atoms with Crippen LogP contribution in [0.3, 0.4) is 0 Å². The molecule has 0 aliphatic carbocycles. The number of amides is 2. The second-order valence-electron chi connectivity index (χ2n) is 5.90. The van der Waals surface area contributed by atoms with Gasteiger partial charge in [0, 0.05) is 10.5 Å². The Morgan fingerprint density at radius 3 is 2.63 bits per heavy atom. The highest BCUT2D eigenvalue weighted by atomic mass is 32.2. The van der Waals surface area contributed by atoms with E-state index in [9.17, 15) is 18.0 Å². The molecular weight excluding hydrogens is 379 g/mol. The van der Waals surface area contributed by atoms with E-state index in [4.69, 9.17) is 4.74 Å². The number of hydrogen-bond acceptors (Lipinski definition) is 4. The van der Waals surface area contributed by atoms with Crippen molar-refractivity contribution in [1.82, 2.24) is 5.32 Å². The van der Waals surface area contributed by atoms with Gasteiger partial charge in [-0.2, -0.15) is 13.2 Å². The summed E-state index contributed by atoms with van der Waals surface area (Å²) in [5, 5.41) is 2.04. The second kappa shape index (κ2) is 6.19. The molecule has 2 aliphatic rings. The Labute approximate surface area is 157 Å². The lowest BCUT2D eigenvalue weighted by Gasteiger charge is -2.38. The first-order chi connectivity index (χ1) is 12.9. The molecule has 0 saturated heterocycles. The van der Waals surface area contributed by atoms with E-state index in [0.29, 0.717) is 22.9 Å². The molecule has 0 spiro atoms. The number of nitrogens with one attached hydrogen (secondary N) is 1. The van der Waals surface area contributed by atoms with Gasteiger partial charge in [0.25, 0.3) is 5.66 Å².